The summed E-state index contributed by atoms with van der Waals surface area (Å²) in [6.45, 7) is 4.14. The molecule has 0 rings (SSSR count). The van der Waals surface area contributed by atoms with Gasteiger partial charge in [0, 0.05) is 11.9 Å². The molecule has 2 nitrogen and oxygen atoms in total. The van der Waals surface area contributed by atoms with Crippen LogP contribution in [0.4, 0.5) is 0 Å². The first kappa shape index (κ1) is 7.34. The third kappa shape index (κ3) is 1.87. The molecule has 0 aromatic rings. The Balaban J connectivity index is 3.63. The lowest BCUT2D eigenvalue weighted by atomic mass is 10.1. The second kappa shape index (κ2) is 3.36. The molecule has 0 heterocycles. The van der Waals surface area contributed by atoms with Crippen molar-refractivity contribution in [2.75, 3.05) is 0 Å². The molecule has 1 atom stereocenters. The summed E-state index contributed by atoms with van der Waals surface area (Å²) in [7, 11) is 0. The molecule has 4 N–H and O–H groups in total. The van der Waals surface area contributed by atoms with E-state index in [9.17, 15) is 0 Å². The highest BCUT2D eigenvalue weighted by Crippen LogP contribution is 2.05. The minimum absolute atomic E-state index is 0.431. The molecule has 0 fully saturated rings. The van der Waals surface area contributed by atoms with Crippen molar-refractivity contribution in [3.8, 4) is 0 Å². The molecule has 8 heavy (non-hydrogen) atoms. The second-order valence-electron chi connectivity index (χ2n) is 1.98. The van der Waals surface area contributed by atoms with Gasteiger partial charge in [-0.1, -0.05) is 13.8 Å². The maximum atomic E-state index is 5.46. The summed E-state index contributed by atoms with van der Waals surface area (Å²) in [6, 6.07) is 0. The summed E-state index contributed by atoms with van der Waals surface area (Å²) in [4.78, 5) is 0. The summed E-state index contributed by atoms with van der Waals surface area (Å²) in [5.41, 5.74) is 11.4. The van der Waals surface area contributed by atoms with Crippen LogP contribution in [0.5, 0.6) is 0 Å². The fraction of sp³-hybridized carbons (Fsp3) is 0.667. The molecule has 0 radical (unpaired) electrons. The third-order valence-electron chi connectivity index (χ3n) is 1.37. The normalized spacial score (nSPS) is 16.0. The molecule has 0 aromatic heterocycles. The zero-order chi connectivity index (χ0) is 6.57. The van der Waals surface area contributed by atoms with Crippen LogP contribution in [-0.4, -0.2) is 0 Å². The molecule has 2 heteroatoms. The van der Waals surface area contributed by atoms with Gasteiger partial charge < -0.3 is 11.5 Å². The zero-order valence-electron chi connectivity index (χ0n) is 5.52. The summed E-state index contributed by atoms with van der Waals surface area (Å²) in [6.07, 6.45) is 2.52. The van der Waals surface area contributed by atoms with Crippen molar-refractivity contribution in [1.29, 1.82) is 0 Å². The second-order valence-corrected chi connectivity index (χ2v) is 1.98. The standard InChI is InChI=1S/C6H14N2/c1-3-5(2)6(8)4-7/h4-5H,3,7-8H2,1-2H3/b6-4-. The summed E-state index contributed by atoms with van der Waals surface area (Å²) in [5, 5.41) is 0. The highest BCUT2D eigenvalue weighted by molar-refractivity contribution is 4.96. The molecule has 0 aliphatic heterocycles. The van der Waals surface area contributed by atoms with Crippen molar-refractivity contribution in [2.24, 2.45) is 17.4 Å². The predicted octanol–water partition coefficient (Wildman–Crippen LogP) is 0.791. The van der Waals surface area contributed by atoms with Crippen LogP contribution in [0, 0.1) is 5.92 Å². The summed E-state index contributed by atoms with van der Waals surface area (Å²) < 4.78 is 0. The first-order chi connectivity index (χ1) is 3.72. The van der Waals surface area contributed by atoms with Crippen molar-refractivity contribution in [3.05, 3.63) is 11.9 Å². The lowest BCUT2D eigenvalue weighted by Crippen LogP contribution is -2.09. The van der Waals surface area contributed by atoms with Crippen LogP contribution >= 0.6 is 0 Å². The first-order valence-corrected chi connectivity index (χ1v) is 2.89. The van der Waals surface area contributed by atoms with Gasteiger partial charge in [0.2, 0.25) is 0 Å². The van der Waals surface area contributed by atoms with Crippen molar-refractivity contribution in [2.45, 2.75) is 20.3 Å². The minimum Gasteiger partial charge on any atom is -0.403 e. The first-order valence-electron chi connectivity index (χ1n) is 2.89. The average Bonchev–Trinajstić information content (AvgIpc) is 1.84. The van der Waals surface area contributed by atoms with Gasteiger partial charge in [-0.3, -0.25) is 0 Å². The highest BCUT2D eigenvalue weighted by Gasteiger charge is 1.98. The Kier molecular flexibility index (Phi) is 3.08. The van der Waals surface area contributed by atoms with Gasteiger partial charge in [0.1, 0.15) is 0 Å². The van der Waals surface area contributed by atoms with Crippen LogP contribution in [0.15, 0.2) is 11.9 Å². The van der Waals surface area contributed by atoms with Crippen LogP contribution in [-0.2, 0) is 0 Å². The fourth-order valence-corrected chi connectivity index (χ4v) is 0.400. The molecule has 0 aliphatic rings. The third-order valence-corrected chi connectivity index (χ3v) is 1.37. The summed E-state index contributed by atoms with van der Waals surface area (Å²) in [5.74, 6) is 0.431. The SMILES string of the molecule is CCC(C)/C(N)=C/N. The topological polar surface area (TPSA) is 52.0 Å². The molecule has 0 spiro atoms. The van der Waals surface area contributed by atoms with Gasteiger partial charge >= 0.3 is 0 Å². The largest absolute Gasteiger partial charge is 0.403 e. The van der Waals surface area contributed by atoms with Crippen molar-refractivity contribution >= 4 is 0 Å². The Morgan fingerprint density at radius 2 is 2.25 bits per heavy atom. The Hall–Kier alpha value is -0.660. The molecule has 1 unspecified atom stereocenters. The Bertz CT molecular complexity index is 86.5. The smallest absolute Gasteiger partial charge is 0.0266 e. The average molecular weight is 114 g/mol. The van der Waals surface area contributed by atoms with E-state index < -0.39 is 0 Å². The van der Waals surface area contributed by atoms with E-state index in [1.54, 1.807) is 0 Å². The van der Waals surface area contributed by atoms with Crippen LogP contribution in [0.1, 0.15) is 20.3 Å². The summed E-state index contributed by atoms with van der Waals surface area (Å²) >= 11 is 0. The molecule has 48 valence electrons. The lowest BCUT2D eigenvalue weighted by Gasteiger charge is -2.05. The van der Waals surface area contributed by atoms with E-state index >= 15 is 0 Å². The maximum absolute atomic E-state index is 5.46. The van der Waals surface area contributed by atoms with Gasteiger partial charge in [-0.25, -0.2) is 0 Å². The molecule has 0 saturated carbocycles. The van der Waals surface area contributed by atoms with Gasteiger partial charge in [-0.2, -0.15) is 0 Å². The highest BCUT2D eigenvalue weighted by atomic mass is 14.6. The number of nitrogens with two attached hydrogens (primary N) is 2. The van der Waals surface area contributed by atoms with E-state index in [0.717, 1.165) is 12.1 Å². The molecule has 0 aromatic carbocycles. The van der Waals surface area contributed by atoms with Gasteiger partial charge in [0.25, 0.3) is 0 Å². The lowest BCUT2D eigenvalue weighted by molar-refractivity contribution is 0.645. The van der Waals surface area contributed by atoms with E-state index in [1.165, 1.54) is 6.20 Å². The van der Waals surface area contributed by atoms with Crippen LogP contribution < -0.4 is 11.5 Å². The monoisotopic (exact) mass is 114 g/mol. The van der Waals surface area contributed by atoms with Crippen molar-refractivity contribution in [3.63, 3.8) is 0 Å². The van der Waals surface area contributed by atoms with E-state index in [0.29, 0.717) is 5.92 Å². The number of hydrogen-bond donors (Lipinski definition) is 2. The van der Waals surface area contributed by atoms with Crippen LogP contribution in [0.3, 0.4) is 0 Å². The maximum Gasteiger partial charge on any atom is 0.0266 e. The minimum atomic E-state index is 0.431. The van der Waals surface area contributed by atoms with E-state index in [1.807, 2.05) is 0 Å². The Morgan fingerprint density at radius 1 is 1.75 bits per heavy atom. The molecule has 0 amide bonds. The number of hydrogen-bond acceptors (Lipinski definition) is 2. The van der Waals surface area contributed by atoms with E-state index in [4.69, 9.17) is 11.5 Å². The zero-order valence-corrected chi connectivity index (χ0v) is 5.52. The molecular formula is C6H14N2. The van der Waals surface area contributed by atoms with E-state index in [-0.39, 0.29) is 0 Å². The number of rotatable bonds is 2. The van der Waals surface area contributed by atoms with Crippen molar-refractivity contribution in [1.82, 2.24) is 0 Å². The van der Waals surface area contributed by atoms with Crippen LogP contribution in [0.25, 0.3) is 0 Å². The molecule has 0 saturated heterocycles. The van der Waals surface area contributed by atoms with E-state index in [2.05, 4.69) is 13.8 Å². The van der Waals surface area contributed by atoms with Gasteiger partial charge in [0.15, 0.2) is 0 Å². The molecule has 0 bridgehead atoms. The molecular weight excluding hydrogens is 100 g/mol. The van der Waals surface area contributed by atoms with Gasteiger partial charge in [-0.15, -0.1) is 0 Å². The van der Waals surface area contributed by atoms with Gasteiger partial charge in [-0.05, 0) is 12.3 Å². The van der Waals surface area contributed by atoms with Crippen LogP contribution in [0.2, 0.25) is 0 Å². The van der Waals surface area contributed by atoms with Gasteiger partial charge in [0.05, 0.1) is 0 Å². The Morgan fingerprint density at radius 3 is 2.38 bits per heavy atom. The Labute approximate surface area is 50.6 Å². The number of allylic oxidation sites excluding steroid dienone is 1. The molecule has 0 aliphatic carbocycles. The predicted molar refractivity (Wildman–Crippen MR) is 35.9 cm³/mol. The quantitative estimate of drug-likeness (QED) is 0.557. The van der Waals surface area contributed by atoms with Crippen molar-refractivity contribution < 1.29 is 0 Å². The fourth-order valence-electron chi connectivity index (χ4n) is 0.400.